The zero-order chi connectivity index (χ0) is 12.6. The molecule has 0 radical (unpaired) electrons. The highest BCUT2D eigenvalue weighted by Gasteiger charge is 2.37. The molecule has 1 spiro atoms. The second-order valence-electron chi connectivity index (χ2n) is 6.13. The van der Waals surface area contributed by atoms with Gasteiger partial charge in [-0.3, -0.25) is 0 Å². The lowest BCUT2D eigenvalue weighted by molar-refractivity contribution is 0.304. The average Bonchev–Trinajstić information content (AvgIpc) is 2.77. The van der Waals surface area contributed by atoms with Crippen molar-refractivity contribution in [1.29, 1.82) is 0 Å². The van der Waals surface area contributed by atoms with Crippen LogP contribution in [0.3, 0.4) is 0 Å². The van der Waals surface area contributed by atoms with Crippen molar-refractivity contribution in [3.8, 4) is 0 Å². The SMILES string of the molecule is Cc1ccc(N2CCNC3(CCCC3)C2)c(C)c1. The van der Waals surface area contributed by atoms with Gasteiger partial charge in [-0.25, -0.2) is 0 Å². The van der Waals surface area contributed by atoms with E-state index in [0.29, 0.717) is 5.54 Å². The summed E-state index contributed by atoms with van der Waals surface area (Å²) in [6.45, 7) is 7.88. The van der Waals surface area contributed by atoms with Crippen molar-refractivity contribution in [3.05, 3.63) is 29.3 Å². The van der Waals surface area contributed by atoms with Crippen molar-refractivity contribution in [1.82, 2.24) is 5.32 Å². The maximum absolute atomic E-state index is 3.78. The molecule has 3 rings (SSSR count). The van der Waals surface area contributed by atoms with Crippen molar-refractivity contribution in [2.24, 2.45) is 0 Å². The average molecular weight is 244 g/mol. The van der Waals surface area contributed by atoms with E-state index in [1.165, 1.54) is 49.0 Å². The summed E-state index contributed by atoms with van der Waals surface area (Å²) in [6.07, 6.45) is 5.50. The highest BCUT2D eigenvalue weighted by atomic mass is 15.2. The number of hydrogen-bond donors (Lipinski definition) is 1. The monoisotopic (exact) mass is 244 g/mol. The molecule has 1 heterocycles. The number of piperazine rings is 1. The lowest BCUT2D eigenvalue weighted by Crippen LogP contribution is -2.59. The smallest absolute Gasteiger partial charge is 0.0397 e. The van der Waals surface area contributed by atoms with Crippen molar-refractivity contribution < 1.29 is 0 Å². The number of nitrogens with one attached hydrogen (secondary N) is 1. The topological polar surface area (TPSA) is 15.3 Å². The largest absolute Gasteiger partial charge is 0.368 e. The molecule has 1 aliphatic heterocycles. The molecule has 2 heteroatoms. The van der Waals surface area contributed by atoms with Gasteiger partial charge in [0.1, 0.15) is 0 Å². The van der Waals surface area contributed by atoms with Crippen LogP contribution in [0.5, 0.6) is 0 Å². The lowest BCUT2D eigenvalue weighted by atomic mass is 9.93. The van der Waals surface area contributed by atoms with Gasteiger partial charge in [-0.05, 0) is 38.3 Å². The van der Waals surface area contributed by atoms with Crippen LogP contribution in [0, 0.1) is 13.8 Å². The van der Waals surface area contributed by atoms with E-state index in [1.54, 1.807) is 0 Å². The van der Waals surface area contributed by atoms with E-state index in [-0.39, 0.29) is 0 Å². The highest BCUT2D eigenvalue weighted by Crippen LogP contribution is 2.34. The summed E-state index contributed by atoms with van der Waals surface area (Å²) >= 11 is 0. The fraction of sp³-hybridized carbons (Fsp3) is 0.625. The molecule has 0 aromatic heterocycles. The molecule has 98 valence electrons. The molecule has 1 aliphatic carbocycles. The Kier molecular flexibility index (Phi) is 3.06. The Morgan fingerprint density at radius 2 is 1.94 bits per heavy atom. The Balaban J connectivity index is 1.83. The zero-order valence-electron chi connectivity index (χ0n) is 11.6. The third kappa shape index (κ3) is 2.14. The Morgan fingerprint density at radius 3 is 2.67 bits per heavy atom. The van der Waals surface area contributed by atoms with Crippen molar-refractivity contribution >= 4 is 5.69 Å². The Morgan fingerprint density at radius 1 is 1.17 bits per heavy atom. The van der Waals surface area contributed by atoms with Gasteiger partial charge in [-0.1, -0.05) is 30.5 Å². The normalized spacial score (nSPS) is 22.7. The molecule has 0 bridgehead atoms. The summed E-state index contributed by atoms with van der Waals surface area (Å²) in [5.74, 6) is 0. The molecule has 0 amide bonds. The van der Waals surface area contributed by atoms with Crippen molar-refractivity contribution in [3.63, 3.8) is 0 Å². The molecule has 2 nitrogen and oxygen atoms in total. The van der Waals surface area contributed by atoms with Crippen molar-refractivity contribution in [2.75, 3.05) is 24.5 Å². The maximum atomic E-state index is 3.78. The molecule has 0 unspecified atom stereocenters. The van der Waals surface area contributed by atoms with Crippen LogP contribution in [0.1, 0.15) is 36.8 Å². The van der Waals surface area contributed by atoms with Gasteiger partial charge in [0, 0.05) is 30.9 Å². The van der Waals surface area contributed by atoms with Crippen LogP contribution < -0.4 is 10.2 Å². The lowest BCUT2D eigenvalue weighted by Gasteiger charge is -2.43. The zero-order valence-corrected chi connectivity index (χ0v) is 11.6. The number of aryl methyl sites for hydroxylation is 2. The van der Waals surface area contributed by atoms with Crippen LogP contribution >= 0.6 is 0 Å². The van der Waals surface area contributed by atoms with E-state index in [4.69, 9.17) is 0 Å². The summed E-state index contributed by atoms with van der Waals surface area (Å²) in [5, 5.41) is 3.78. The molecule has 2 fully saturated rings. The number of anilines is 1. The number of hydrogen-bond acceptors (Lipinski definition) is 2. The van der Waals surface area contributed by atoms with Crippen molar-refractivity contribution in [2.45, 2.75) is 45.1 Å². The minimum Gasteiger partial charge on any atom is -0.368 e. The molecular formula is C16H24N2. The number of benzene rings is 1. The summed E-state index contributed by atoms with van der Waals surface area (Å²) < 4.78 is 0. The molecule has 1 N–H and O–H groups in total. The van der Waals surface area contributed by atoms with E-state index >= 15 is 0 Å². The van der Waals surface area contributed by atoms with Crippen LogP contribution in [-0.4, -0.2) is 25.2 Å². The van der Waals surface area contributed by atoms with Gasteiger partial charge in [0.2, 0.25) is 0 Å². The predicted octanol–water partition coefficient (Wildman–Crippen LogP) is 3.03. The van der Waals surface area contributed by atoms with E-state index < -0.39 is 0 Å². The minimum absolute atomic E-state index is 0.412. The molecular weight excluding hydrogens is 220 g/mol. The third-order valence-corrected chi connectivity index (χ3v) is 4.63. The van der Waals surface area contributed by atoms with E-state index in [1.807, 2.05) is 0 Å². The van der Waals surface area contributed by atoms with Gasteiger partial charge in [0.25, 0.3) is 0 Å². The maximum Gasteiger partial charge on any atom is 0.0397 e. The first-order valence-electron chi connectivity index (χ1n) is 7.26. The van der Waals surface area contributed by atoms with Gasteiger partial charge in [0.05, 0.1) is 0 Å². The van der Waals surface area contributed by atoms with Crippen LogP contribution in [0.2, 0.25) is 0 Å². The molecule has 2 aliphatic rings. The Labute approximate surface area is 110 Å². The van der Waals surface area contributed by atoms with Gasteiger partial charge in [-0.2, -0.15) is 0 Å². The first kappa shape index (κ1) is 12.0. The third-order valence-electron chi connectivity index (χ3n) is 4.63. The van der Waals surface area contributed by atoms with Gasteiger partial charge < -0.3 is 10.2 Å². The summed E-state index contributed by atoms with van der Waals surface area (Å²) in [4.78, 5) is 2.59. The summed E-state index contributed by atoms with van der Waals surface area (Å²) in [6, 6.07) is 6.85. The summed E-state index contributed by atoms with van der Waals surface area (Å²) in [5.41, 5.74) is 4.63. The van der Waals surface area contributed by atoms with Crippen LogP contribution in [0.15, 0.2) is 18.2 Å². The second kappa shape index (κ2) is 4.58. The molecule has 0 atom stereocenters. The minimum atomic E-state index is 0.412. The summed E-state index contributed by atoms with van der Waals surface area (Å²) in [7, 11) is 0. The molecule has 1 saturated heterocycles. The van der Waals surface area contributed by atoms with Crippen LogP contribution in [-0.2, 0) is 0 Å². The Hall–Kier alpha value is -1.02. The fourth-order valence-electron chi connectivity index (χ4n) is 3.71. The Bertz CT molecular complexity index is 433. The van der Waals surface area contributed by atoms with Gasteiger partial charge in [0.15, 0.2) is 0 Å². The standard InChI is InChI=1S/C16H24N2/c1-13-5-6-15(14(2)11-13)18-10-9-17-16(12-18)7-3-4-8-16/h5-6,11,17H,3-4,7-10,12H2,1-2H3. The van der Waals surface area contributed by atoms with Crippen LogP contribution in [0.25, 0.3) is 0 Å². The number of rotatable bonds is 1. The van der Waals surface area contributed by atoms with Gasteiger partial charge in [-0.15, -0.1) is 0 Å². The first-order chi connectivity index (χ1) is 8.69. The van der Waals surface area contributed by atoms with E-state index in [2.05, 4.69) is 42.3 Å². The molecule has 1 aromatic rings. The first-order valence-corrected chi connectivity index (χ1v) is 7.26. The number of nitrogens with zero attached hydrogens (tertiary/aromatic N) is 1. The highest BCUT2D eigenvalue weighted by molar-refractivity contribution is 5.55. The van der Waals surface area contributed by atoms with E-state index in [9.17, 15) is 0 Å². The fourth-order valence-corrected chi connectivity index (χ4v) is 3.71. The van der Waals surface area contributed by atoms with Gasteiger partial charge >= 0.3 is 0 Å². The van der Waals surface area contributed by atoms with E-state index in [0.717, 1.165) is 13.1 Å². The molecule has 18 heavy (non-hydrogen) atoms. The van der Waals surface area contributed by atoms with Crippen LogP contribution in [0.4, 0.5) is 5.69 Å². The molecule has 1 saturated carbocycles. The predicted molar refractivity (Wildman–Crippen MR) is 77.3 cm³/mol. The quantitative estimate of drug-likeness (QED) is 0.817. The second-order valence-corrected chi connectivity index (χ2v) is 6.13. The molecule has 1 aromatic carbocycles.